The van der Waals surface area contributed by atoms with Crippen LogP contribution >= 0.6 is 0 Å². The zero-order chi connectivity index (χ0) is 17.1. The molecule has 1 unspecified atom stereocenters. The maximum atomic E-state index is 4.87. The maximum Gasteiger partial charge on any atom is 0.227 e. The Hall–Kier alpha value is -2.30. The summed E-state index contributed by atoms with van der Waals surface area (Å²) >= 11 is 0. The van der Waals surface area contributed by atoms with Crippen LogP contribution in [0.4, 0.5) is 17.5 Å². The summed E-state index contributed by atoms with van der Waals surface area (Å²) in [5, 5.41) is 0. The SMILES string of the molecule is CC1CCCN(c2ccnc(N3CCN(c4ccccc4)CC3)n2)C1. The van der Waals surface area contributed by atoms with E-state index in [-0.39, 0.29) is 0 Å². The molecule has 2 saturated heterocycles. The first-order valence-electron chi connectivity index (χ1n) is 9.42. The number of anilines is 3. The number of hydrogen-bond acceptors (Lipinski definition) is 5. The summed E-state index contributed by atoms with van der Waals surface area (Å²) in [5.41, 5.74) is 1.30. The summed E-state index contributed by atoms with van der Waals surface area (Å²) in [5.74, 6) is 2.71. The molecule has 0 aliphatic carbocycles. The van der Waals surface area contributed by atoms with Crippen molar-refractivity contribution < 1.29 is 0 Å². The number of benzene rings is 1. The average molecular weight is 337 g/mol. The maximum absolute atomic E-state index is 4.87. The molecule has 1 aromatic heterocycles. The molecule has 0 N–H and O–H groups in total. The predicted molar refractivity (Wildman–Crippen MR) is 104 cm³/mol. The molecule has 2 aliphatic rings. The molecule has 0 radical (unpaired) electrons. The summed E-state index contributed by atoms with van der Waals surface area (Å²) in [4.78, 5) is 16.6. The molecule has 2 aromatic rings. The van der Waals surface area contributed by atoms with E-state index in [9.17, 15) is 0 Å². The second kappa shape index (κ2) is 7.30. The minimum atomic E-state index is 0.751. The van der Waals surface area contributed by atoms with Gasteiger partial charge in [-0.25, -0.2) is 4.98 Å². The third kappa shape index (κ3) is 3.70. The van der Waals surface area contributed by atoms with Crippen molar-refractivity contribution in [3.05, 3.63) is 42.6 Å². The van der Waals surface area contributed by atoms with Gasteiger partial charge in [-0.3, -0.25) is 0 Å². The number of piperazine rings is 1. The second-order valence-electron chi connectivity index (χ2n) is 7.22. The first kappa shape index (κ1) is 16.2. The summed E-state index contributed by atoms with van der Waals surface area (Å²) in [6, 6.07) is 12.7. The minimum Gasteiger partial charge on any atom is -0.368 e. The van der Waals surface area contributed by atoms with Crippen LogP contribution in [-0.2, 0) is 0 Å². The Bertz CT molecular complexity index is 681. The summed E-state index contributed by atoms with van der Waals surface area (Å²) < 4.78 is 0. The monoisotopic (exact) mass is 337 g/mol. The lowest BCUT2D eigenvalue weighted by molar-refractivity contribution is 0.444. The first-order chi connectivity index (χ1) is 12.3. The molecule has 0 bridgehead atoms. The number of aromatic nitrogens is 2. The van der Waals surface area contributed by atoms with Gasteiger partial charge in [0.05, 0.1) is 0 Å². The zero-order valence-corrected chi connectivity index (χ0v) is 15.0. The lowest BCUT2D eigenvalue weighted by atomic mass is 10.0. The third-order valence-electron chi connectivity index (χ3n) is 5.29. The fraction of sp³-hybridized carbons (Fsp3) is 0.500. The number of piperidine rings is 1. The van der Waals surface area contributed by atoms with Crippen molar-refractivity contribution in [3.63, 3.8) is 0 Å². The van der Waals surface area contributed by atoms with Crippen molar-refractivity contribution in [1.29, 1.82) is 0 Å². The Morgan fingerprint density at radius 3 is 2.40 bits per heavy atom. The van der Waals surface area contributed by atoms with Crippen LogP contribution in [0.15, 0.2) is 42.6 Å². The Balaban J connectivity index is 1.42. The summed E-state index contributed by atoms with van der Waals surface area (Å²) in [7, 11) is 0. The molecule has 5 nitrogen and oxygen atoms in total. The molecule has 0 amide bonds. The average Bonchev–Trinajstić information content (AvgIpc) is 2.69. The molecule has 2 fully saturated rings. The van der Waals surface area contributed by atoms with E-state index in [0.717, 1.165) is 57.0 Å². The Morgan fingerprint density at radius 2 is 1.64 bits per heavy atom. The molecule has 0 saturated carbocycles. The van der Waals surface area contributed by atoms with Crippen LogP contribution in [0, 0.1) is 5.92 Å². The van der Waals surface area contributed by atoms with Gasteiger partial charge >= 0.3 is 0 Å². The standard InChI is InChI=1S/C20H27N5/c1-17-6-5-11-25(16-17)19-9-10-21-20(22-19)24-14-12-23(13-15-24)18-7-3-2-4-8-18/h2-4,7-10,17H,5-6,11-16H2,1H3. The fourth-order valence-corrected chi connectivity index (χ4v) is 3.87. The Kier molecular flexibility index (Phi) is 4.72. The Labute approximate surface area is 150 Å². The second-order valence-corrected chi connectivity index (χ2v) is 7.22. The van der Waals surface area contributed by atoms with Gasteiger partial charge in [-0.15, -0.1) is 0 Å². The van der Waals surface area contributed by atoms with Crippen LogP contribution in [0.1, 0.15) is 19.8 Å². The first-order valence-corrected chi connectivity index (χ1v) is 9.42. The van der Waals surface area contributed by atoms with E-state index >= 15 is 0 Å². The zero-order valence-electron chi connectivity index (χ0n) is 15.0. The van der Waals surface area contributed by atoms with Gasteiger partial charge in [0, 0.05) is 51.2 Å². The molecule has 1 aromatic carbocycles. The van der Waals surface area contributed by atoms with Gasteiger partial charge in [-0.2, -0.15) is 4.98 Å². The van der Waals surface area contributed by atoms with Crippen molar-refractivity contribution in [2.45, 2.75) is 19.8 Å². The highest BCUT2D eigenvalue weighted by atomic mass is 15.3. The quantitative estimate of drug-likeness (QED) is 0.860. The molecule has 25 heavy (non-hydrogen) atoms. The highest BCUT2D eigenvalue weighted by Gasteiger charge is 2.21. The van der Waals surface area contributed by atoms with Crippen molar-refractivity contribution in [1.82, 2.24) is 9.97 Å². The van der Waals surface area contributed by atoms with Gasteiger partial charge < -0.3 is 14.7 Å². The van der Waals surface area contributed by atoms with E-state index in [4.69, 9.17) is 4.98 Å². The molecule has 0 spiro atoms. The van der Waals surface area contributed by atoms with E-state index in [2.05, 4.69) is 63.0 Å². The van der Waals surface area contributed by atoms with E-state index < -0.39 is 0 Å². The number of nitrogens with zero attached hydrogens (tertiary/aromatic N) is 5. The normalized spacial score (nSPS) is 21.5. The van der Waals surface area contributed by atoms with Crippen LogP contribution < -0.4 is 14.7 Å². The van der Waals surface area contributed by atoms with Crippen molar-refractivity contribution in [2.75, 3.05) is 54.0 Å². The van der Waals surface area contributed by atoms with Crippen LogP contribution in [0.25, 0.3) is 0 Å². The van der Waals surface area contributed by atoms with E-state index in [0.29, 0.717) is 0 Å². The molecule has 4 rings (SSSR count). The van der Waals surface area contributed by atoms with Crippen LogP contribution in [0.2, 0.25) is 0 Å². The third-order valence-corrected chi connectivity index (χ3v) is 5.29. The van der Waals surface area contributed by atoms with Crippen molar-refractivity contribution >= 4 is 17.5 Å². The summed E-state index contributed by atoms with van der Waals surface area (Å²) in [6.45, 7) is 8.51. The van der Waals surface area contributed by atoms with Crippen molar-refractivity contribution in [3.8, 4) is 0 Å². The van der Waals surface area contributed by atoms with E-state index in [1.807, 2.05) is 6.20 Å². The molecule has 132 valence electrons. The topological polar surface area (TPSA) is 35.5 Å². The highest BCUT2D eigenvalue weighted by Crippen LogP contribution is 2.23. The lowest BCUT2D eigenvalue weighted by Gasteiger charge is -2.37. The van der Waals surface area contributed by atoms with Crippen LogP contribution in [0.3, 0.4) is 0 Å². The van der Waals surface area contributed by atoms with E-state index in [1.54, 1.807) is 0 Å². The van der Waals surface area contributed by atoms with Crippen LogP contribution in [-0.4, -0.2) is 49.2 Å². The predicted octanol–water partition coefficient (Wildman–Crippen LogP) is 3.04. The molecular weight excluding hydrogens is 310 g/mol. The molecule has 2 aliphatic heterocycles. The largest absolute Gasteiger partial charge is 0.368 e. The smallest absolute Gasteiger partial charge is 0.227 e. The van der Waals surface area contributed by atoms with E-state index in [1.165, 1.54) is 18.5 Å². The molecular formula is C20H27N5. The van der Waals surface area contributed by atoms with Gasteiger partial charge in [0.25, 0.3) is 0 Å². The fourth-order valence-electron chi connectivity index (χ4n) is 3.87. The number of hydrogen-bond donors (Lipinski definition) is 0. The lowest BCUT2D eigenvalue weighted by Crippen LogP contribution is -2.47. The minimum absolute atomic E-state index is 0.751. The van der Waals surface area contributed by atoms with Gasteiger partial charge in [0.1, 0.15) is 5.82 Å². The van der Waals surface area contributed by atoms with Crippen molar-refractivity contribution in [2.24, 2.45) is 5.92 Å². The Morgan fingerprint density at radius 1 is 0.880 bits per heavy atom. The highest BCUT2D eigenvalue weighted by molar-refractivity contribution is 5.49. The number of rotatable bonds is 3. The number of para-hydroxylation sites is 1. The van der Waals surface area contributed by atoms with Crippen LogP contribution in [0.5, 0.6) is 0 Å². The molecule has 3 heterocycles. The molecule has 1 atom stereocenters. The summed E-state index contributed by atoms with van der Waals surface area (Å²) in [6.07, 6.45) is 4.51. The van der Waals surface area contributed by atoms with Gasteiger partial charge in [0.15, 0.2) is 0 Å². The molecule has 5 heteroatoms. The van der Waals surface area contributed by atoms with Gasteiger partial charge in [-0.05, 0) is 37.0 Å². The van der Waals surface area contributed by atoms with Gasteiger partial charge in [-0.1, -0.05) is 25.1 Å². The van der Waals surface area contributed by atoms with Gasteiger partial charge in [0.2, 0.25) is 5.95 Å².